The fraction of sp³-hybridized carbons (Fsp3) is 0.350. The quantitative estimate of drug-likeness (QED) is 0.385. The number of benzene rings is 2. The zero-order valence-electron chi connectivity index (χ0n) is 15.8. The predicted molar refractivity (Wildman–Crippen MR) is 117 cm³/mol. The van der Waals surface area contributed by atoms with Crippen molar-refractivity contribution >= 4 is 29.9 Å². The number of rotatable bonds is 6. The van der Waals surface area contributed by atoms with E-state index in [1.165, 1.54) is 17.2 Å². The Labute approximate surface area is 172 Å². The average molecular weight is 470 g/mol. The number of halogens is 2. The molecule has 0 radical (unpaired) electrons. The lowest BCUT2D eigenvalue weighted by atomic mass is 10.1. The van der Waals surface area contributed by atoms with Gasteiger partial charge in [0.2, 0.25) is 0 Å². The summed E-state index contributed by atoms with van der Waals surface area (Å²) in [5.41, 5.74) is 4.17. The van der Waals surface area contributed by atoms with Crippen LogP contribution in [-0.2, 0) is 19.6 Å². The Kier molecular flexibility index (Phi) is 9.58. The Morgan fingerprint density at radius 2 is 1.58 bits per heavy atom. The van der Waals surface area contributed by atoms with E-state index in [9.17, 15) is 4.39 Å². The zero-order chi connectivity index (χ0) is 18.2. The molecular weight excluding hydrogens is 442 g/mol. The lowest BCUT2D eigenvalue weighted by Crippen LogP contribution is -2.36. The van der Waals surface area contributed by atoms with Crippen molar-refractivity contribution in [2.24, 2.45) is 4.99 Å². The molecular formula is C20H28FIN4. The summed E-state index contributed by atoms with van der Waals surface area (Å²) in [6.07, 6.45) is 0. The summed E-state index contributed by atoms with van der Waals surface area (Å²) >= 11 is 0. The first kappa shape index (κ1) is 22.4. The van der Waals surface area contributed by atoms with Crippen molar-refractivity contribution in [3.63, 3.8) is 0 Å². The maximum Gasteiger partial charge on any atom is 0.191 e. The number of hydrogen-bond acceptors (Lipinski definition) is 2. The first-order valence-electron chi connectivity index (χ1n) is 8.40. The lowest BCUT2D eigenvalue weighted by molar-refractivity contribution is 0.392. The zero-order valence-corrected chi connectivity index (χ0v) is 18.2. The third kappa shape index (κ3) is 7.29. The third-order valence-electron chi connectivity index (χ3n) is 3.86. The molecule has 0 bridgehead atoms. The summed E-state index contributed by atoms with van der Waals surface area (Å²) in [7, 11) is 5.61. The largest absolute Gasteiger partial charge is 0.352 e. The average Bonchev–Trinajstić information content (AvgIpc) is 2.59. The number of nitrogens with one attached hydrogen (secondary N) is 2. The Morgan fingerprint density at radius 1 is 1.00 bits per heavy atom. The summed E-state index contributed by atoms with van der Waals surface area (Å²) in [6, 6.07) is 13.6. The SMILES string of the molecule is CN=C(NCc1ccc(C)cc1)NCc1ccc(F)c(CN(C)C)c1.I. The van der Waals surface area contributed by atoms with Crippen LogP contribution in [0.5, 0.6) is 0 Å². The molecule has 0 saturated carbocycles. The van der Waals surface area contributed by atoms with E-state index in [-0.39, 0.29) is 29.8 Å². The van der Waals surface area contributed by atoms with Gasteiger partial charge in [0.05, 0.1) is 0 Å². The molecule has 142 valence electrons. The van der Waals surface area contributed by atoms with Crippen molar-refractivity contribution in [1.82, 2.24) is 15.5 Å². The van der Waals surface area contributed by atoms with Crippen LogP contribution in [0.3, 0.4) is 0 Å². The monoisotopic (exact) mass is 470 g/mol. The van der Waals surface area contributed by atoms with Crippen molar-refractivity contribution in [3.8, 4) is 0 Å². The van der Waals surface area contributed by atoms with E-state index >= 15 is 0 Å². The highest BCUT2D eigenvalue weighted by Crippen LogP contribution is 2.12. The molecule has 0 unspecified atom stereocenters. The molecule has 4 nitrogen and oxygen atoms in total. The van der Waals surface area contributed by atoms with Crippen LogP contribution in [0.1, 0.15) is 22.3 Å². The second-order valence-corrected chi connectivity index (χ2v) is 6.43. The molecule has 0 spiro atoms. The molecule has 0 atom stereocenters. The molecule has 2 aromatic carbocycles. The molecule has 0 fully saturated rings. The molecule has 2 aromatic rings. The summed E-state index contributed by atoms with van der Waals surface area (Å²) < 4.78 is 13.8. The molecule has 2 rings (SSSR count). The van der Waals surface area contributed by atoms with Crippen molar-refractivity contribution in [2.75, 3.05) is 21.1 Å². The normalized spacial score (nSPS) is 11.2. The highest BCUT2D eigenvalue weighted by atomic mass is 127. The highest BCUT2D eigenvalue weighted by molar-refractivity contribution is 14.0. The van der Waals surface area contributed by atoms with Crippen LogP contribution in [0, 0.1) is 12.7 Å². The highest BCUT2D eigenvalue weighted by Gasteiger charge is 2.06. The number of aliphatic imine (C=N–C) groups is 1. The van der Waals surface area contributed by atoms with Crippen LogP contribution in [0.15, 0.2) is 47.5 Å². The Hall–Kier alpha value is -1.67. The van der Waals surface area contributed by atoms with E-state index in [0.717, 1.165) is 11.5 Å². The molecule has 26 heavy (non-hydrogen) atoms. The number of aryl methyl sites for hydroxylation is 1. The van der Waals surface area contributed by atoms with Gasteiger partial charge in [-0.15, -0.1) is 24.0 Å². The Balaban J connectivity index is 0.00000338. The summed E-state index contributed by atoms with van der Waals surface area (Å²) in [6.45, 7) is 3.95. The molecule has 0 aliphatic rings. The molecule has 0 aliphatic heterocycles. The van der Waals surface area contributed by atoms with Gasteiger partial charge in [0, 0.05) is 32.2 Å². The maximum absolute atomic E-state index is 13.8. The first-order chi connectivity index (χ1) is 12.0. The minimum atomic E-state index is -0.167. The van der Waals surface area contributed by atoms with Crippen LogP contribution >= 0.6 is 24.0 Å². The number of nitrogens with zero attached hydrogens (tertiary/aromatic N) is 2. The fourth-order valence-corrected chi connectivity index (χ4v) is 2.50. The Bertz CT molecular complexity index is 714. The van der Waals surface area contributed by atoms with E-state index < -0.39 is 0 Å². The molecule has 0 saturated heterocycles. The van der Waals surface area contributed by atoms with Crippen LogP contribution in [-0.4, -0.2) is 32.0 Å². The van der Waals surface area contributed by atoms with Crippen molar-refractivity contribution < 1.29 is 4.39 Å². The second kappa shape index (κ2) is 11.1. The summed E-state index contributed by atoms with van der Waals surface area (Å²) in [4.78, 5) is 6.19. The lowest BCUT2D eigenvalue weighted by Gasteiger charge is -2.14. The maximum atomic E-state index is 13.8. The van der Waals surface area contributed by atoms with Crippen LogP contribution in [0.2, 0.25) is 0 Å². The summed E-state index contributed by atoms with van der Waals surface area (Å²) in [5.74, 6) is 0.554. The van der Waals surface area contributed by atoms with Crippen LogP contribution in [0.25, 0.3) is 0 Å². The topological polar surface area (TPSA) is 39.7 Å². The van der Waals surface area contributed by atoms with Gasteiger partial charge in [-0.25, -0.2) is 4.39 Å². The molecule has 6 heteroatoms. The Morgan fingerprint density at radius 3 is 2.15 bits per heavy atom. The molecule has 0 aliphatic carbocycles. The van der Waals surface area contributed by atoms with E-state index in [0.29, 0.717) is 25.2 Å². The van der Waals surface area contributed by atoms with Gasteiger partial charge in [-0.2, -0.15) is 0 Å². The fourth-order valence-electron chi connectivity index (χ4n) is 2.50. The standard InChI is InChI=1S/C20H27FN4.HI/c1-15-5-7-16(8-6-15)12-23-20(22-2)24-13-17-9-10-19(21)18(11-17)14-25(3)4;/h5-11H,12-14H2,1-4H3,(H2,22,23,24);1H. The first-order valence-corrected chi connectivity index (χ1v) is 8.40. The number of guanidine groups is 1. The van der Waals surface area contributed by atoms with Gasteiger partial charge in [0.25, 0.3) is 0 Å². The van der Waals surface area contributed by atoms with E-state index in [4.69, 9.17) is 0 Å². The van der Waals surface area contributed by atoms with Gasteiger partial charge in [0.1, 0.15) is 5.82 Å². The molecule has 2 N–H and O–H groups in total. The summed E-state index contributed by atoms with van der Waals surface area (Å²) in [5, 5.41) is 6.56. The van der Waals surface area contributed by atoms with Gasteiger partial charge in [-0.05, 0) is 44.3 Å². The minimum Gasteiger partial charge on any atom is -0.352 e. The smallest absolute Gasteiger partial charge is 0.191 e. The van der Waals surface area contributed by atoms with Crippen LogP contribution < -0.4 is 10.6 Å². The van der Waals surface area contributed by atoms with Gasteiger partial charge < -0.3 is 15.5 Å². The van der Waals surface area contributed by atoms with E-state index in [2.05, 4.69) is 46.8 Å². The van der Waals surface area contributed by atoms with Gasteiger partial charge >= 0.3 is 0 Å². The van der Waals surface area contributed by atoms with E-state index in [1.54, 1.807) is 13.1 Å². The van der Waals surface area contributed by atoms with Crippen molar-refractivity contribution in [3.05, 3.63) is 70.5 Å². The molecule has 0 aromatic heterocycles. The van der Waals surface area contributed by atoms with Gasteiger partial charge in [-0.3, -0.25) is 4.99 Å². The molecule has 0 amide bonds. The third-order valence-corrected chi connectivity index (χ3v) is 3.86. The molecule has 0 heterocycles. The second-order valence-electron chi connectivity index (χ2n) is 6.43. The number of hydrogen-bond donors (Lipinski definition) is 2. The van der Waals surface area contributed by atoms with Crippen molar-refractivity contribution in [2.45, 2.75) is 26.6 Å². The minimum absolute atomic E-state index is 0. The van der Waals surface area contributed by atoms with E-state index in [1.807, 2.05) is 25.1 Å². The van der Waals surface area contributed by atoms with Gasteiger partial charge in [0.15, 0.2) is 5.96 Å². The predicted octanol–water partition coefficient (Wildman–Crippen LogP) is 3.68. The van der Waals surface area contributed by atoms with Crippen molar-refractivity contribution in [1.29, 1.82) is 0 Å². The van der Waals surface area contributed by atoms with Gasteiger partial charge in [-0.1, -0.05) is 35.9 Å². The van der Waals surface area contributed by atoms with Crippen LogP contribution in [0.4, 0.5) is 4.39 Å².